The number of nitrogens with zero attached hydrogens (tertiary/aromatic N) is 2. The van der Waals surface area contributed by atoms with Crippen molar-refractivity contribution in [2.24, 2.45) is 16.5 Å². The summed E-state index contributed by atoms with van der Waals surface area (Å²) in [5.74, 6) is -0.202. The molecule has 4 N–H and O–H groups in total. The molecule has 1 fully saturated rings. The number of rotatable bonds is 0. The van der Waals surface area contributed by atoms with Gasteiger partial charge in [-0.1, -0.05) is 0 Å². The summed E-state index contributed by atoms with van der Waals surface area (Å²) in [7, 11) is 0. The number of carbonyl (C=O) groups excluding carboxylic acids is 1. The number of ether oxygens (including phenoxy) is 1. The van der Waals surface area contributed by atoms with Gasteiger partial charge in [-0.05, 0) is 0 Å². The highest BCUT2D eigenvalue weighted by Crippen LogP contribution is 1.98. The summed E-state index contributed by atoms with van der Waals surface area (Å²) in [5, 5.41) is 0. The summed E-state index contributed by atoms with van der Waals surface area (Å²) in [4.78, 5) is 16.1. The second-order valence-corrected chi connectivity index (χ2v) is 2.42. The first-order chi connectivity index (χ1) is 5.70. The van der Waals surface area contributed by atoms with E-state index in [1.165, 1.54) is 0 Å². The fourth-order valence-corrected chi connectivity index (χ4v) is 0.936. The van der Waals surface area contributed by atoms with Gasteiger partial charge in [0, 0.05) is 13.1 Å². The van der Waals surface area contributed by atoms with E-state index >= 15 is 0 Å². The molecule has 0 bridgehead atoms. The van der Waals surface area contributed by atoms with Gasteiger partial charge in [0.2, 0.25) is 0 Å². The van der Waals surface area contributed by atoms with Crippen LogP contribution < -0.4 is 11.5 Å². The van der Waals surface area contributed by atoms with E-state index < -0.39 is 6.03 Å². The number of carbonyl (C=O) groups is 1. The lowest BCUT2D eigenvalue weighted by Crippen LogP contribution is -2.40. The van der Waals surface area contributed by atoms with Crippen LogP contribution in [-0.4, -0.2) is 43.2 Å². The average molecular weight is 209 g/mol. The van der Waals surface area contributed by atoms with Crippen molar-refractivity contribution in [3.8, 4) is 0 Å². The van der Waals surface area contributed by atoms with Gasteiger partial charge in [0.05, 0.1) is 13.2 Å². The van der Waals surface area contributed by atoms with Crippen LogP contribution in [0.1, 0.15) is 0 Å². The lowest BCUT2D eigenvalue weighted by atomic mass is 10.4. The second-order valence-electron chi connectivity index (χ2n) is 2.42. The summed E-state index contributed by atoms with van der Waals surface area (Å²) in [5.41, 5.74) is 10.1. The molecular formula is C6H13ClN4O2. The third-order valence-electron chi connectivity index (χ3n) is 1.51. The van der Waals surface area contributed by atoms with Gasteiger partial charge in [0.1, 0.15) is 0 Å². The van der Waals surface area contributed by atoms with Crippen molar-refractivity contribution in [3.05, 3.63) is 0 Å². The monoisotopic (exact) mass is 208 g/mol. The molecule has 0 aromatic carbocycles. The molecule has 0 aromatic heterocycles. The smallest absolute Gasteiger partial charge is 0.346 e. The molecule has 2 amide bonds. The summed E-state index contributed by atoms with van der Waals surface area (Å²) >= 11 is 0. The minimum Gasteiger partial charge on any atom is -0.378 e. The first-order valence-corrected chi connectivity index (χ1v) is 3.66. The van der Waals surface area contributed by atoms with Gasteiger partial charge in [0.15, 0.2) is 5.96 Å². The zero-order chi connectivity index (χ0) is 8.97. The number of guanidine groups is 1. The van der Waals surface area contributed by atoms with Crippen LogP contribution in [0.4, 0.5) is 4.79 Å². The summed E-state index contributed by atoms with van der Waals surface area (Å²) < 4.78 is 5.05. The van der Waals surface area contributed by atoms with E-state index in [0.29, 0.717) is 26.3 Å². The van der Waals surface area contributed by atoms with Crippen molar-refractivity contribution in [1.82, 2.24) is 4.90 Å². The number of morpholine rings is 1. The van der Waals surface area contributed by atoms with Crippen LogP contribution in [0.25, 0.3) is 0 Å². The van der Waals surface area contributed by atoms with Crippen LogP contribution in [0.15, 0.2) is 4.99 Å². The van der Waals surface area contributed by atoms with Crippen molar-refractivity contribution >= 4 is 24.4 Å². The quantitative estimate of drug-likeness (QED) is 0.400. The predicted octanol–water partition coefficient (Wildman–Crippen LogP) is -0.866. The van der Waals surface area contributed by atoms with Gasteiger partial charge in [-0.3, -0.25) is 0 Å². The first kappa shape index (κ1) is 12.0. The van der Waals surface area contributed by atoms with E-state index in [9.17, 15) is 4.79 Å². The summed E-state index contributed by atoms with van der Waals surface area (Å²) in [6.45, 7) is 2.20. The standard InChI is InChI=1S/C6H12N4O2.ClH/c7-5(8)9-6(11)10-1-3-12-4-2-10;/h1-4H2,(H4,7,8,9,11);1H. The Bertz CT molecular complexity index is 199. The van der Waals surface area contributed by atoms with Crippen LogP contribution in [0.2, 0.25) is 0 Å². The Labute approximate surface area is 82.3 Å². The number of halogens is 1. The number of urea groups is 1. The van der Waals surface area contributed by atoms with Gasteiger partial charge in [-0.25, -0.2) is 4.79 Å². The maximum absolute atomic E-state index is 11.1. The maximum Gasteiger partial charge on any atom is 0.346 e. The number of hydrogen-bond donors (Lipinski definition) is 2. The van der Waals surface area contributed by atoms with Crippen LogP contribution in [0.3, 0.4) is 0 Å². The molecular weight excluding hydrogens is 196 g/mol. The Morgan fingerprint density at radius 2 is 1.85 bits per heavy atom. The topological polar surface area (TPSA) is 93.9 Å². The van der Waals surface area contributed by atoms with Crippen molar-refractivity contribution in [2.75, 3.05) is 26.3 Å². The van der Waals surface area contributed by atoms with Crippen molar-refractivity contribution in [1.29, 1.82) is 0 Å². The van der Waals surface area contributed by atoms with Gasteiger partial charge in [-0.15, -0.1) is 12.4 Å². The third kappa shape index (κ3) is 3.95. The number of nitrogens with two attached hydrogens (primary N) is 2. The Morgan fingerprint density at radius 3 is 2.31 bits per heavy atom. The van der Waals surface area contributed by atoms with Crippen molar-refractivity contribution in [2.45, 2.75) is 0 Å². The molecule has 6 nitrogen and oxygen atoms in total. The second kappa shape index (κ2) is 5.60. The molecule has 0 radical (unpaired) electrons. The van der Waals surface area contributed by atoms with E-state index in [2.05, 4.69) is 4.99 Å². The molecule has 1 heterocycles. The lowest BCUT2D eigenvalue weighted by Gasteiger charge is -2.24. The molecule has 7 heteroatoms. The van der Waals surface area contributed by atoms with E-state index in [1.54, 1.807) is 4.90 Å². The third-order valence-corrected chi connectivity index (χ3v) is 1.51. The van der Waals surface area contributed by atoms with E-state index in [0.717, 1.165) is 0 Å². The predicted molar refractivity (Wildman–Crippen MR) is 50.8 cm³/mol. The van der Waals surface area contributed by atoms with Crippen LogP contribution in [-0.2, 0) is 4.74 Å². The first-order valence-electron chi connectivity index (χ1n) is 3.66. The Balaban J connectivity index is 0.00000144. The highest BCUT2D eigenvalue weighted by Gasteiger charge is 2.15. The molecule has 1 rings (SSSR count). The van der Waals surface area contributed by atoms with Gasteiger partial charge < -0.3 is 21.1 Å². The van der Waals surface area contributed by atoms with Crippen molar-refractivity contribution in [3.63, 3.8) is 0 Å². The maximum atomic E-state index is 11.1. The molecule has 76 valence electrons. The molecule has 0 aliphatic carbocycles. The number of hydrogen-bond acceptors (Lipinski definition) is 2. The minimum absolute atomic E-state index is 0. The molecule has 1 saturated heterocycles. The fraction of sp³-hybridized carbons (Fsp3) is 0.667. The molecule has 0 saturated carbocycles. The van der Waals surface area contributed by atoms with Crippen molar-refractivity contribution < 1.29 is 9.53 Å². The molecule has 1 aliphatic heterocycles. The molecule has 13 heavy (non-hydrogen) atoms. The molecule has 0 atom stereocenters. The fourth-order valence-electron chi connectivity index (χ4n) is 0.936. The number of amides is 2. The van der Waals surface area contributed by atoms with Crippen LogP contribution >= 0.6 is 12.4 Å². The van der Waals surface area contributed by atoms with E-state index in [-0.39, 0.29) is 18.4 Å². The summed E-state index contributed by atoms with van der Waals surface area (Å²) in [6.07, 6.45) is 0. The normalized spacial score (nSPS) is 15.8. The largest absolute Gasteiger partial charge is 0.378 e. The molecule has 1 aliphatic rings. The highest BCUT2D eigenvalue weighted by atomic mass is 35.5. The molecule has 0 aromatic rings. The van der Waals surface area contributed by atoms with E-state index in [1.807, 2.05) is 0 Å². The number of aliphatic imine (C=N–C) groups is 1. The minimum atomic E-state index is -0.390. The Hall–Kier alpha value is -1.01. The van der Waals surface area contributed by atoms with Gasteiger partial charge in [-0.2, -0.15) is 4.99 Å². The van der Waals surface area contributed by atoms with Crippen LogP contribution in [0, 0.1) is 0 Å². The van der Waals surface area contributed by atoms with E-state index in [4.69, 9.17) is 16.2 Å². The Kier molecular flexibility index (Phi) is 5.17. The zero-order valence-corrected chi connectivity index (χ0v) is 7.92. The average Bonchev–Trinajstić information content (AvgIpc) is 2.05. The SMILES string of the molecule is Cl.NC(N)=NC(=O)N1CCOCC1. The molecule has 0 spiro atoms. The highest BCUT2D eigenvalue weighted by molar-refractivity contribution is 5.90. The zero-order valence-electron chi connectivity index (χ0n) is 7.10. The summed E-state index contributed by atoms with van der Waals surface area (Å²) in [6, 6.07) is -0.390. The lowest BCUT2D eigenvalue weighted by molar-refractivity contribution is 0.0555. The van der Waals surface area contributed by atoms with Gasteiger partial charge >= 0.3 is 6.03 Å². The Morgan fingerprint density at radius 1 is 1.31 bits per heavy atom. The van der Waals surface area contributed by atoms with Gasteiger partial charge in [0.25, 0.3) is 0 Å². The van der Waals surface area contributed by atoms with Crippen LogP contribution in [0.5, 0.6) is 0 Å². The molecule has 0 unspecified atom stereocenters.